The van der Waals surface area contributed by atoms with Gasteiger partial charge in [-0.05, 0) is 37.3 Å². The summed E-state index contributed by atoms with van der Waals surface area (Å²) in [5.74, 6) is 0.845. The first-order valence-corrected chi connectivity index (χ1v) is 6.37. The van der Waals surface area contributed by atoms with E-state index in [-0.39, 0.29) is 11.8 Å². The summed E-state index contributed by atoms with van der Waals surface area (Å²) in [6.07, 6.45) is 0. The van der Waals surface area contributed by atoms with Crippen molar-refractivity contribution in [1.29, 1.82) is 0 Å². The summed E-state index contributed by atoms with van der Waals surface area (Å²) in [6.45, 7) is 1.97. The van der Waals surface area contributed by atoms with Crippen LogP contribution in [0.3, 0.4) is 0 Å². The molecule has 2 rings (SSSR count). The van der Waals surface area contributed by atoms with Crippen molar-refractivity contribution in [2.24, 2.45) is 0 Å². The minimum absolute atomic E-state index is 0.0376. The summed E-state index contributed by atoms with van der Waals surface area (Å²) in [5, 5.41) is 13.9. The number of hydrogen-bond donors (Lipinski definition) is 2. The van der Waals surface area contributed by atoms with Gasteiger partial charge in [-0.2, -0.15) is 0 Å². The van der Waals surface area contributed by atoms with Crippen molar-refractivity contribution in [3.63, 3.8) is 0 Å². The smallest absolute Gasteiger partial charge is 0.124 e. The number of ether oxygens (including phenoxy) is 1. The predicted molar refractivity (Wildman–Crippen MR) is 78.1 cm³/mol. The molecule has 0 saturated heterocycles. The quantitative estimate of drug-likeness (QED) is 0.879. The number of phenolic OH excluding ortho intramolecular Hbond substituents is 1. The third-order valence-electron chi connectivity index (χ3n) is 2.91. The highest BCUT2D eigenvalue weighted by Crippen LogP contribution is 2.30. The Morgan fingerprint density at radius 1 is 1.21 bits per heavy atom. The van der Waals surface area contributed by atoms with Crippen molar-refractivity contribution in [3.05, 3.63) is 53.1 Å². The Bertz CT molecular complexity index is 572. The summed E-state index contributed by atoms with van der Waals surface area (Å²) in [6, 6.07) is 12.7. The Balaban J connectivity index is 2.18. The molecule has 2 aromatic rings. The van der Waals surface area contributed by atoms with Gasteiger partial charge in [-0.15, -0.1) is 0 Å². The molecule has 3 nitrogen and oxygen atoms in total. The molecule has 0 heterocycles. The number of aromatic hydroxyl groups is 1. The molecule has 0 bridgehead atoms. The molecule has 0 spiro atoms. The fourth-order valence-corrected chi connectivity index (χ4v) is 2.11. The van der Waals surface area contributed by atoms with Gasteiger partial charge in [0.2, 0.25) is 0 Å². The highest BCUT2D eigenvalue weighted by molar-refractivity contribution is 6.30. The molecule has 0 saturated carbocycles. The van der Waals surface area contributed by atoms with E-state index >= 15 is 0 Å². The number of hydrogen-bond acceptors (Lipinski definition) is 3. The highest BCUT2D eigenvalue weighted by Gasteiger charge is 2.11. The minimum atomic E-state index is -0.0376. The molecule has 1 unspecified atom stereocenters. The van der Waals surface area contributed by atoms with E-state index in [0.29, 0.717) is 10.8 Å². The van der Waals surface area contributed by atoms with Crippen LogP contribution in [0.4, 0.5) is 5.69 Å². The van der Waals surface area contributed by atoms with Crippen LogP contribution in [-0.2, 0) is 0 Å². The fourth-order valence-electron chi connectivity index (χ4n) is 1.92. The average molecular weight is 278 g/mol. The number of phenols is 1. The van der Waals surface area contributed by atoms with Crippen molar-refractivity contribution < 1.29 is 9.84 Å². The molecule has 100 valence electrons. The van der Waals surface area contributed by atoms with E-state index in [4.69, 9.17) is 16.3 Å². The molecule has 0 fully saturated rings. The molecule has 19 heavy (non-hydrogen) atoms. The number of nitrogens with one attached hydrogen (secondary N) is 1. The molecule has 1 atom stereocenters. The summed E-state index contributed by atoms with van der Waals surface area (Å²) >= 11 is 5.94. The maximum Gasteiger partial charge on any atom is 0.124 e. The molecule has 0 aromatic heterocycles. The third-order valence-corrected chi connectivity index (χ3v) is 3.15. The molecule has 4 heteroatoms. The molecule has 0 aliphatic rings. The minimum Gasteiger partial charge on any atom is -0.507 e. The third kappa shape index (κ3) is 3.32. The molecular formula is C15H16ClNO2. The van der Waals surface area contributed by atoms with Gasteiger partial charge in [0.25, 0.3) is 0 Å². The molecule has 0 aliphatic carbocycles. The molecule has 2 aromatic carbocycles. The topological polar surface area (TPSA) is 41.5 Å². The first-order chi connectivity index (χ1) is 9.10. The van der Waals surface area contributed by atoms with E-state index in [1.807, 2.05) is 43.3 Å². The molecule has 0 radical (unpaired) electrons. The lowest BCUT2D eigenvalue weighted by molar-refractivity contribution is 0.406. The number of benzene rings is 2. The summed E-state index contributed by atoms with van der Waals surface area (Å²) in [4.78, 5) is 0. The first kappa shape index (κ1) is 13.6. The van der Waals surface area contributed by atoms with Crippen LogP contribution in [-0.4, -0.2) is 12.2 Å². The summed E-state index contributed by atoms with van der Waals surface area (Å²) in [7, 11) is 1.57. The van der Waals surface area contributed by atoms with Crippen molar-refractivity contribution in [1.82, 2.24) is 0 Å². The second-order valence-electron chi connectivity index (χ2n) is 4.30. The van der Waals surface area contributed by atoms with Gasteiger partial charge in [0.05, 0.1) is 13.2 Å². The Labute approximate surface area is 117 Å². The van der Waals surface area contributed by atoms with E-state index < -0.39 is 0 Å². The standard InChI is InChI=1S/C15H16ClNO2/c1-10(17-12-5-3-4-11(16)8-12)14-7-6-13(19-2)9-15(14)18/h3-10,17-18H,1-2H3. The van der Waals surface area contributed by atoms with Crippen LogP contribution >= 0.6 is 11.6 Å². The number of methoxy groups -OCH3 is 1. The first-order valence-electron chi connectivity index (χ1n) is 5.99. The maximum atomic E-state index is 9.98. The van der Waals surface area contributed by atoms with Crippen molar-refractivity contribution >= 4 is 17.3 Å². The lowest BCUT2D eigenvalue weighted by atomic mass is 10.1. The predicted octanol–water partition coefficient (Wildman–Crippen LogP) is 4.23. The van der Waals surface area contributed by atoms with E-state index in [0.717, 1.165) is 11.3 Å². The second kappa shape index (κ2) is 5.85. The van der Waals surface area contributed by atoms with E-state index in [9.17, 15) is 5.11 Å². The van der Waals surface area contributed by atoms with Crippen LogP contribution in [0.2, 0.25) is 5.02 Å². The van der Waals surface area contributed by atoms with E-state index in [2.05, 4.69) is 5.32 Å². The molecule has 2 N–H and O–H groups in total. The zero-order valence-electron chi connectivity index (χ0n) is 10.9. The van der Waals surface area contributed by atoms with Gasteiger partial charge in [0.1, 0.15) is 11.5 Å². The molecular weight excluding hydrogens is 262 g/mol. The van der Waals surface area contributed by atoms with E-state index in [1.54, 1.807) is 13.2 Å². The number of anilines is 1. The Hall–Kier alpha value is -1.87. The van der Waals surface area contributed by atoms with Crippen molar-refractivity contribution in [2.75, 3.05) is 12.4 Å². The number of rotatable bonds is 4. The van der Waals surface area contributed by atoms with Crippen LogP contribution in [0.1, 0.15) is 18.5 Å². The van der Waals surface area contributed by atoms with Gasteiger partial charge in [-0.3, -0.25) is 0 Å². The largest absolute Gasteiger partial charge is 0.507 e. The van der Waals surface area contributed by atoms with Gasteiger partial charge in [-0.25, -0.2) is 0 Å². The SMILES string of the molecule is COc1ccc(C(C)Nc2cccc(Cl)c2)c(O)c1. The monoisotopic (exact) mass is 277 g/mol. The maximum absolute atomic E-state index is 9.98. The highest BCUT2D eigenvalue weighted by atomic mass is 35.5. The zero-order chi connectivity index (χ0) is 13.8. The van der Waals surface area contributed by atoms with Gasteiger partial charge in [0, 0.05) is 22.3 Å². The number of halogens is 1. The van der Waals surface area contributed by atoms with Crippen LogP contribution in [0.5, 0.6) is 11.5 Å². The van der Waals surface area contributed by atoms with Crippen LogP contribution in [0.15, 0.2) is 42.5 Å². The Morgan fingerprint density at radius 3 is 2.63 bits per heavy atom. The van der Waals surface area contributed by atoms with Gasteiger partial charge < -0.3 is 15.2 Å². The Kier molecular flexibility index (Phi) is 4.17. The van der Waals surface area contributed by atoms with Crippen LogP contribution in [0.25, 0.3) is 0 Å². The zero-order valence-corrected chi connectivity index (χ0v) is 11.6. The lowest BCUT2D eigenvalue weighted by Gasteiger charge is -2.17. The van der Waals surface area contributed by atoms with Gasteiger partial charge in [0.15, 0.2) is 0 Å². The normalized spacial score (nSPS) is 11.9. The summed E-state index contributed by atoms with van der Waals surface area (Å²) in [5.41, 5.74) is 1.72. The second-order valence-corrected chi connectivity index (χ2v) is 4.74. The average Bonchev–Trinajstić information content (AvgIpc) is 2.38. The summed E-state index contributed by atoms with van der Waals surface area (Å²) < 4.78 is 5.07. The van der Waals surface area contributed by atoms with E-state index in [1.165, 1.54) is 0 Å². The van der Waals surface area contributed by atoms with Gasteiger partial charge >= 0.3 is 0 Å². The van der Waals surface area contributed by atoms with Crippen molar-refractivity contribution in [2.45, 2.75) is 13.0 Å². The van der Waals surface area contributed by atoms with Crippen molar-refractivity contribution in [3.8, 4) is 11.5 Å². The van der Waals surface area contributed by atoms with Crippen LogP contribution in [0, 0.1) is 0 Å². The lowest BCUT2D eigenvalue weighted by Crippen LogP contribution is -2.06. The van der Waals surface area contributed by atoms with Crippen LogP contribution < -0.4 is 10.1 Å². The molecule has 0 aliphatic heterocycles. The van der Waals surface area contributed by atoms with Gasteiger partial charge in [-0.1, -0.05) is 17.7 Å². The Morgan fingerprint density at radius 2 is 2.00 bits per heavy atom. The molecule has 0 amide bonds. The fraction of sp³-hybridized carbons (Fsp3) is 0.200.